The highest BCUT2D eigenvalue weighted by Crippen LogP contribution is 2.28. The molecular formula is C17H17BrN4O. The Hall–Kier alpha value is -2.21. The van der Waals surface area contributed by atoms with Crippen LogP contribution < -0.4 is 5.32 Å². The van der Waals surface area contributed by atoms with Crippen LogP contribution >= 0.6 is 15.9 Å². The first-order chi connectivity index (χ1) is 11.2. The third-order valence-electron chi connectivity index (χ3n) is 3.74. The monoisotopic (exact) mass is 372 g/mol. The summed E-state index contributed by atoms with van der Waals surface area (Å²) in [5.41, 5.74) is 1.52. The number of fused-ring (bicyclic) bond motifs is 1. The molecular weight excluding hydrogens is 356 g/mol. The number of amides is 1. The van der Waals surface area contributed by atoms with Crippen molar-refractivity contribution in [3.63, 3.8) is 0 Å². The van der Waals surface area contributed by atoms with E-state index in [2.05, 4.69) is 31.2 Å². The first-order valence-electron chi connectivity index (χ1n) is 7.44. The number of imidazole rings is 1. The third-order valence-corrected chi connectivity index (χ3v) is 4.43. The van der Waals surface area contributed by atoms with Gasteiger partial charge in [-0.15, -0.1) is 0 Å². The van der Waals surface area contributed by atoms with Crippen molar-refractivity contribution in [1.82, 2.24) is 19.9 Å². The molecule has 0 aliphatic rings. The molecule has 2 aromatic heterocycles. The van der Waals surface area contributed by atoms with Gasteiger partial charge in [0.15, 0.2) is 0 Å². The number of halogens is 1. The van der Waals surface area contributed by atoms with Crippen LogP contribution in [0.4, 0.5) is 0 Å². The summed E-state index contributed by atoms with van der Waals surface area (Å²) in [4.78, 5) is 20.8. The minimum Gasteiger partial charge on any atom is -0.351 e. The number of hydrogen-bond donors (Lipinski definition) is 1. The van der Waals surface area contributed by atoms with Gasteiger partial charge in [-0.1, -0.05) is 22.0 Å². The van der Waals surface area contributed by atoms with Crippen molar-refractivity contribution in [2.45, 2.75) is 19.9 Å². The van der Waals surface area contributed by atoms with E-state index in [0.29, 0.717) is 12.2 Å². The second kappa shape index (κ2) is 6.91. The Morgan fingerprint density at radius 3 is 2.96 bits per heavy atom. The fraction of sp³-hybridized carbons (Fsp3) is 0.235. The number of benzene rings is 1. The molecule has 0 radical (unpaired) electrons. The van der Waals surface area contributed by atoms with Crippen molar-refractivity contribution in [3.05, 3.63) is 58.8 Å². The number of nitrogens with one attached hydrogen (secondary N) is 1. The van der Waals surface area contributed by atoms with Crippen LogP contribution in [-0.4, -0.2) is 27.0 Å². The molecule has 3 rings (SSSR count). The molecule has 0 saturated carbocycles. The van der Waals surface area contributed by atoms with Crippen molar-refractivity contribution >= 4 is 32.6 Å². The second-order valence-electron chi connectivity index (χ2n) is 5.36. The van der Waals surface area contributed by atoms with Crippen LogP contribution in [0.25, 0.3) is 10.8 Å². The van der Waals surface area contributed by atoms with Crippen LogP contribution in [0.1, 0.15) is 22.5 Å². The van der Waals surface area contributed by atoms with E-state index in [4.69, 9.17) is 0 Å². The van der Waals surface area contributed by atoms with Crippen LogP contribution in [-0.2, 0) is 6.54 Å². The summed E-state index contributed by atoms with van der Waals surface area (Å²) in [5.74, 6) is -0.137. The molecule has 0 aliphatic heterocycles. The van der Waals surface area contributed by atoms with Crippen LogP contribution in [0.2, 0.25) is 0 Å². The molecule has 23 heavy (non-hydrogen) atoms. The lowest BCUT2D eigenvalue weighted by Gasteiger charge is -2.10. The predicted octanol–water partition coefficient (Wildman–Crippen LogP) is 3.32. The van der Waals surface area contributed by atoms with Gasteiger partial charge in [-0.05, 0) is 31.0 Å². The maximum atomic E-state index is 12.5. The van der Waals surface area contributed by atoms with Gasteiger partial charge in [-0.3, -0.25) is 9.78 Å². The van der Waals surface area contributed by atoms with E-state index >= 15 is 0 Å². The molecule has 0 atom stereocenters. The number of aromatic nitrogens is 3. The van der Waals surface area contributed by atoms with E-state index in [0.717, 1.165) is 33.8 Å². The smallest absolute Gasteiger partial charge is 0.270 e. The fourth-order valence-electron chi connectivity index (χ4n) is 2.57. The van der Waals surface area contributed by atoms with E-state index in [1.807, 2.05) is 35.9 Å². The lowest BCUT2D eigenvalue weighted by molar-refractivity contribution is 0.0949. The minimum atomic E-state index is -0.137. The largest absolute Gasteiger partial charge is 0.351 e. The van der Waals surface area contributed by atoms with Gasteiger partial charge in [0.2, 0.25) is 0 Å². The van der Waals surface area contributed by atoms with Crippen molar-refractivity contribution in [2.24, 2.45) is 0 Å². The molecule has 0 spiro atoms. The summed E-state index contributed by atoms with van der Waals surface area (Å²) in [6.07, 6.45) is 7.95. The Bertz CT molecular complexity index is 830. The maximum Gasteiger partial charge on any atom is 0.270 e. The number of carbonyl (C=O) groups is 1. The van der Waals surface area contributed by atoms with Crippen molar-refractivity contribution in [2.75, 3.05) is 6.54 Å². The highest BCUT2D eigenvalue weighted by atomic mass is 79.9. The summed E-state index contributed by atoms with van der Waals surface area (Å²) in [7, 11) is 0. The van der Waals surface area contributed by atoms with Gasteiger partial charge in [0.25, 0.3) is 5.91 Å². The number of rotatable bonds is 5. The lowest BCUT2D eigenvalue weighted by Crippen LogP contribution is -2.26. The van der Waals surface area contributed by atoms with Crippen LogP contribution in [0.3, 0.4) is 0 Å². The normalized spacial score (nSPS) is 10.9. The highest BCUT2D eigenvalue weighted by Gasteiger charge is 2.14. The van der Waals surface area contributed by atoms with Crippen LogP contribution in [0.5, 0.6) is 0 Å². The van der Waals surface area contributed by atoms with Crippen LogP contribution in [0, 0.1) is 6.92 Å². The summed E-state index contributed by atoms with van der Waals surface area (Å²) in [5, 5.41) is 4.85. The molecule has 1 amide bonds. The molecule has 6 heteroatoms. The zero-order valence-electron chi connectivity index (χ0n) is 12.8. The van der Waals surface area contributed by atoms with Gasteiger partial charge in [-0.25, -0.2) is 4.98 Å². The molecule has 0 saturated heterocycles. The maximum absolute atomic E-state index is 12.5. The SMILES string of the molecule is Cc1ccc(Br)c2ccnc(C(=O)NCCCn3ccnc3)c12. The van der Waals surface area contributed by atoms with E-state index in [9.17, 15) is 4.79 Å². The molecule has 1 N–H and O–H groups in total. The van der Waals surface area contributed by atoms with Crippen molar-refractivity contribution < 1.29 is 4.79 Å². The zero-order chi connectivity index (χ0) is 16.2. The number of nitrogens with zero attached hydrogens (tertiary/aromatic N) is 3. The molecule has 3 aromatic rings. The average molecular weight is 373 g/mol. The topological polar surface area (TPSA) is 59.8 Å². The Morgan fingerprint density at radius 2 is 2.17 bits per heavy atom. The molecule has 0 aliphatic carbocycles. The standard InChI is InChI=1S/C17H17BrN4O/c1-12-3-4-14(18)13-5-7-20-16(15(12)13)17(23)21-6-2-9-22-10-8-19-11-22/h3-5,7-8,10-11H,2,6,9H2,1H3,(H,21,23). The fourth-order valence-corrected chi connectivity index (χ4v) is 3.03. The zero-order valence-corrected chi connectivity index (χ0v) is 14.4. The van der Waals surface area contributed by atoms with Gasteiger partial charge < -0.3 is 9.88 Å². The average Bonchev–Trinajstić information content (AvgIpc) is 3.08. The number of hydrogen-bond acceptors (Lipinski definition) is 3. The summed E-state index contributed by atoms with van der Waals surface area (Å²) in [6.45, 7) is 3.42. The Morgan fingerprint density at radius 1 is 1.30 bits per heavy atom. The quantitative estimate of drug-likeness (QED) is 0.698. The number of pyridine rings is 1. The first-order valence-corrected chi connectivity index (χ1v) is 8.24. The molecule has 0 unspecified atom stereocenters. The van der Waals surface area contributed by atoms with E-state index in [1.165, 1.54) is 0 Å². The van der Waals surface area contributed by atoms with E-state index in [-0.39, 0.29) is 5.91 Å². The van der Waals surface area contributed by atoms with Crippen LogP contribution in [0.15, 0.2) is 47.6 Å². The summed E-state index contributed by atoms with van der Waals surface area (Å²) < 4.78 is 2.96. The van der Waals surface area contributed by atoms with Gasteiger partial charge in [0, 0.05) is 46.9 Å². The second-order valence-corrected chi connectivity index (χ2v) is 6.21. The van der Waals surface area contributed by atoms with E-state index < -0.39 is 0 Å². The van der Waals surface area contributed by atoms with Gasteiger partial charge in [0.05, 0.1) is 6.33 Å². The summed E-state index contributed by atoms with van der Waals surface area (Å²) in [6, 6.07) is 5.90. The molecule has 0 fully saturated rings. The van der Waals surface area contributed by atoms with Gasteiger partial charge >= 0.3 is 0 Å². The predicted molar refractivity (Wildman–Crippen MR) is 93.4 cm³/mol. The Labute approximate surface area is 142 Å². The van der Waals surface area contributed by atoms with Gasteiger partial charge in [-0.2, -0.15) is 0 Å². The molecule has 1 aromatic carbocycles. The van der Waals surface area contributed by atoms with Crippen molar-refractivity contribution in [3.8, 4) is 0 Å². The number of carbonyl (C=O) groups excluding carboxylic acids is 1. The lowest BCUT2D eigenvalue weighted by atomic mass is 10.0. The first kappa shape index (κ1) is 15.7. The number of aryl methyl sites for hydroxylation is 2. The highest BCUT2D eigenvalue weighted by molar-refractivity contribution is 9.10. The molecule has 0 bridgehead atoms. The van der Waals surface area contributed by atoms with E-state index in [1.54, 1.807) is 18.7 Å². The Kier molecular flexibility index (Phi) is 4.71. The molecule has 5 nitrogen and oxygen atoms in total. The molecule has 118 valence electrons. The minimum absolute atomic E-state index is 0.137. The molecule has 2 heterocycles. The Balaban J connectivity index is 1.72. The summed E-state index contributed by atoms with van der Waals surface area (Å²) >= 11 is 3.53. The van der Waals surface area contributed by atoms with Gasteiger partial charge in [0.1, 0.15) is 5.69 Å². The van der Waals surface area contributed by atoms with Crippen molar-refractivity contribution in [1.29, 1.82) is 0 Å². The third kappa shape index (κ3) is 3.42.